The zero-order chi connectivity index (χ0) is 12.1. The van der Waals surface area contributed by atoms with Gasteiger partial charge in [0.1, 0.15) is 0 Å². The predicted molar refractivity (Wildman–Crippen MR) is 68.3 cm³/mol. The minimum atomic E-state index is -0.839. The van der Waals surface area contributed by atoms with E-state index in [0.29, 0.717) is 22.1 Å². The number of hydrogen-bond donors (Lipinski definition) is 1. The van der Waals surface area contributed by atoms with Gasteiger partial charge in [-0.2, -0.15) is 4.98 Å². The Labute approximate surface area is 106 Å². The van der Waals surface area contributed by atoms with Gasteiger partial charge >= 0.3 is 0 Å². The average molecular weight is 308 g/mol. The van der Waals surface area contributed by atoms with Crippen LogP contribution in [0.15, 0.2) is 10.7 Å². The summed E-state index contributed by atoms with van der Waals surface area (Å²) >= 11 is 3.27. The topological polar surface area (TPSA) is 64.1 Å². The lowest BCUT2D eigenvalue weighted by Gasteiger charge is -2.12. The van der Waals surface area contributed by atoms with Gasteiger partial charge in [-0.05, 0) is 22.9 Å². The van der Waals surface area contributed by atoms with Crippen LogP contribution in [0.1, 0.15) is 6.92 Å². The molecule has 0 spiro atoms. The van der Waals surface area contributed by atoms with Crippen LogP contribution in [0.3, 0.4) is 0 Å². The summed E-state index contributed by atoms with van der Waals surface area (Å²) in [5.41, 5.74) is 0. The Bertz CT molecular complexity index is 389. The van der Waals surface area contributed by atoms with Gasteiger partial charge < -0.3 is 10.1 Å². The molecular formula is C9H14BrN3O2S. The van der Waals surface area contributed by atoms with E-state index in [-0.39, 0.29) is 6.04 Å². The number of aromatic nitrogens is 2. The summed E-state index contributed by atoms with van der Waals surface area (Å²) in [6, 6.07) is 0.0525. The number of nitrogens with zero attached hydrogens (tertiary/aromatic N) is 2. The van der Waals surface area contributed by atoms with Gasteiger partial charge in [0.2, 0.25) is 11.8 Å². The van der Waals surface area contributed by atoms with Gasteiger partial charge in [0, 0.05) is 28.9 Å². The number of ether oxygens (including phenoxy) is 1. The molecule has 1 aromatic rings. The van der Waals surface area contributed by atoms with E-state index in [0.717, 1.165) is 0 Å². The minimum absolute atomic E-state index is 0.0525. The molecule has 0 aliphatic carbocycles. The highest BCUT2D eigenvalue weighted by Crippen LogP contribution is 2.21. The quantitative estimate of drug-likeness (QED) is 0.891. The first-order chi connectivity index (χ1) is 7.52. The molecule has 0 saturated heterocycles. The number of halogens is 1. The van der Waals surface area contributed by atoms with Gasteiger partial charge in [-0.15, -0.1) is 0 Å². The van der Waals surface area contributed by atoms with Crippen LogP contribution in [0.2, 0.25) is 0 Å². The maximum atomic E-state index is 11.0. The van der Waals surface area contributed by atoms with E-state index in [9.17, 15) is 4.21 Å². The second-order valence-electron chi connectivity index (χ2n) is 3.34. The Kier molecular flexibility index (Phi) is 5.14. The summed E-state index contributed by atoms with van der Waals surface area (Å²) in [7, 11) is 0.704. The Morgan fingerprint density at radius 3 is 2.94 bits per heavy atom. The smallest absolute Gasteiger partial charge is 0.232 e. The fourth-order valence-electron chi connectivity index (χ4n) is 1.18. The van der Waals surface area contributed by atoms with Crippen molar-refractivity contribution in [3.63, 3.8) is 0 Å². The van der Waals surface area contributed by atoms with Crippen molar-refractivity contribution in [2.45, 2.75) is 13.0 Å². The molecule has 16 heavy (non-hydrogen) atoms. The van der Waals surface area contributed by atoms with Gasteiger partial charge in [-0.1, -0.05) is 0 Å². The fourth-order valence-corrected chi connectivity index (χ4v) is 2.32. The van der Waals surface area contributed by atoms with E-state index in [4.69, 9.17) is 4.74 Å². The fraction of sp³-hybridized carbons (Fsp3) is 0.556. The molecule has 90 valence electrons. The number of rotatable bonds is 5. The highest BCUT2D eigenvalue weighted by atomic mass is 79.9. The monoisotopic (exact) mass is 307 g/mol. The molecule has 1 N–H and O–H groups in total. The lowest BCUT2D eigenvalue weighted by Crippen LogP contribution is -2.23. The molecule has 2 unspecified atom stereocenters. The van der Waals surface area contributed by atoms with Crippen molar-refractivity contribution in [2.24, 2.45) is 0 Å². The summed E-state index contributed by atoms with van der Waals surface area (Å²) in [6.45, 7) is 1.93. The second kappa shape index (κ2) is 6.15. The van der Waals surface area contributed by atoms with E-state index in [1.165, 1.54) is 0 Å². The van der Waals surface area contributed by atoms with Gasteiger partial charge in [0.25, 0.3) is 0 Å². The zero-order valence-corrected chi connectivity index (χ0v) is 11.8. The lowest BCUT2D eigenvalue weighted by molar-refractivity contribution is 0.394. The van der Waals surface area contributed by atoms with Crippen LogP contribution in [0.5, 0.6) is 5.88 Å². The molecule has 0 aromatic carbocycles. The highest BCUT2D eigenvalue weighted by molar-refractivity contribution is 9.10. The average Bonchev–Trinajstić information content (AvgIpc) is 2.19. The van der Waals surface area contributed by atoms with Crippen LogP contribution in [-0.2, 0) is 10.8 Å². The molecule has 0 saturated carbocycles. The molecule has 1 heterocycles. The summed E-state index contributed by atoms with van der Waals surface area (Å²) < 4.78 is 16.8. The van der Waals surface area contributed by atoms with Crippen molar-refractivity contribution >= 4 is 32.7 Å². The van der Waals surface area contributed by atoms with Gasteiger partial charge in [0.05, 0.1) is 17.8 Å². The Hall–Kier alpha value is -0.690. The highest BCUT2D eigenvalue weighted by Gasteiger charge is 2.08. The van der Waals surface area contributed by atoms with Gasteiger partial charge in [0.15, 0.2) is 0 Å². The number of hydrogen-bond acceptors (Lipinski definition) is 5. The SMILES string of the molecule is COc1nc(NC(C)CS(C)=O)ncc1Br. The van der Waals surface area contributed by atoms with Gasteiger partial charge in [-0.25, -0.2) is 4.98 Å². The van der Waals surface area contributed by atoms with Crippen LogP contribution in [0.25, 0.3) is 0 Å². The molecule has 0 radical (unpaired) electrons. The third-order valence-electron chi connectivity index (χ3n) is 1.77. The Morgan fingerprint density at radius 2 is 2.38 bits per heavy atom. The van der Waals surface area contributed by atoms with Crippen molar-refractivity contribution in [3.8, 4) is 5.88 Å². The Balaban J connectivity index is 2.70. The maximum Gasteiger partial charge on any atom is 0.232 e. The van der Waals surface area contributed by atoms with Gasteiger partial charge in [-0.3, -0.25) is 4.21 Å². The summed E-state index contributed by atoms with van der Waals surface area (Å²) in [5.74, 6) is 1.50. The summed E-state index contributed by atoms with van der Waals surface area (Å²) in [4.78, 5) is 8.23. The standard InChI is InChI=1S/C9H14BrN3O2S/c1-6(5-16(3)14)12-9-11-4-7(10)8(13-9)15-2/h4,6H,5H2,1-3H3,(H,11,12,13). The first kappa shape index (κ1) is 13.4. The van der Waals surface area contributed by atoms with Crippen molar-refractivity contribution in [1.82, 2.24) is 9.97 Å². The van der Waals surface area contributed by atoms with Crippen molar-refractivity contribution in [1.29, 1.82) is 0 Å². The van der Waals surface area contributed by atoms with E-state index in [1.807, 2.05) is 6.92 Å². The lowest BCUT2D eigenvalue weighted by atomic mass is 10.4. The zero-order valence-electron chi connectivity index (χ0n) is 9.36. The first-order valence-electron chi connectivity index (χ1n) is 4.66. The molecule has 0 amide bonds. The van der Waals surface area contributed by atoms with Crippen LogP contribution in [0, 0.1) is 0 Å². The summed E-state index contributed by atoms with van der Waals surface area (Å²) in [5, 5.41) is 3.06. The number of methoxy groups -OCH3 is 1. The third kappa shape index (κ3) is 4.05. The first-order valence-corrected chi connectivity index (χ1v) is 7.18. The normalized spacial score (nSPS) is 14.2. The molecule has 0 aliphatic heterocycles. The van der Waals surface area contributed by atoms with Crippen molar-refractivity contribution in [2.75, 3.05) is 24.4 Å². The molecule has 7 heteroatoms. The van der Waals surface area contributed by atoms with Crippen LogP contribution in [0.4, 0.5) is 5.95 Å². The predicted octanol–water partition coefficient (Wildman–Crippen LogP) is 1.43. The van der Waals surface area contributed by atoms with E-state index in [2.05, 4.69) is 31.2 Å². The molecule has 0 bridgehead atoms. The molecule has 5 nitrogen and oxygen atoms in total. The number of nitrogens with one attached hydrogen (secondary N) is 1. The van der Waals surface area contributed by atoms with Crippen molar-refractivity contribution in [3.05, 3.63) is 10.7 Å². The largest absolute Gasteiger partial charge is 0.480 e. The second-order valence-corrected chi connectivity index (χ2v) is 5.67. The molecule has 0 aliphatic rings. The molecule has 0 fully saturated rings. The van der Waals surface area contributed by atoms with E-state index < -0.39 is 10.8 Å². The summed E-state index contributed by atoms with van der Waals surface area (Å²) in [6.07, 6.45) is 3.28. The Morgan fingerprint density at radius 1 is 1.69 bits per heavy atom. The van der Waals surface area contributed by atoms with Crippen LogP contribution in [-0.4, -0.2) is 39.3 Å². The maximum absolute atomic E-state index is 11.0. The van der Waals surface area contributed by atoms with Crippen molar-refractivity contribution < 1.29 is 8.95 Å². The minimum Gasteiger partial charge on any atom is -0.480 e. The van der Waals surface area contributed by atoms with Crippen LogP contribution >= 0.6 is 15.9 Å². The molecule has 2 atom stereocenters. The third-order valence-corrected chi connectivity index (χ3v) is 3.28. The van der Waals surface area contributed by atoms with Crippen LogP contribution < -0.4 is 10.1 Å². The number of anilines is 1. The molecule has 1 rings (SSSR count). The van der Waals surface area contributed by atoms with E-state index in [1.54, 1.807) is 19.6 Å². The molecular weight excluding hydrogens is 294 g/mol. The van der Waals surface area contributed by atoms with E-state index >= 15 is 0 Å². The molecule has 1 aromatic heterocycles.